The lowest BCUT2D eigenvalue weighted by atomic mass is 9.74. The van der Waals surface area contributed by atoms with Crippen molar-refractivity contribution >= 4 is 11.8 Å². The van der Waals surface area contributed by atoms with Gasteiger partial charge in [0.1, 0.15) is 0 Å². The molecule has 2 fully saturated rings. The summed E-state index contributed by atoms with van der Waals surface area (Å²) in [5.41, 5.74) is 5.86. The summed E-state index contributed by atoms with van der Waals surface area (Å²) >= 11 is 0. The first-order valence-corrected chi connectivity index (χ1v) is 7.25. The third kappa shape index (κ3) is 3.26. The van der Waals surface area contributed by atoms with E-state index in [0.29, 0.717) is 6.54 Å². The fraction of sp³-hybridized carbons (Fsp3) is 0.857. The number of nitrogens with one attached hydrogen (secondary N) is 1. The molecule has 1 saturated carbocycles. The third-order valence-electron chi connectivity index (χ3n) is 4.55. The lowest BCUT2D eigenvalue weighted by Gasteiger charge is -2.37. The largest absolute Gasteiger partial charge is 0.351 e. The monoisotopic (exact) mass is 267 g/mol. The second-order valence-corrected chi connectivity index (χ2v) is 6.26. The van der Waals surface area contributed by atoms with Crippen molar-refractivity contribution in [1.29, 1.82) is 0 Å². The summed E-state index contributed by atoms with van der Waals surface area (Å²) in [7, 11) is 0. The third-order valence-corrected chi connectivity index (χ3v) is 4.55. The Balaban J connectivity index is 1.89. The Morgan fingerprint density at radius 2 is 2.05 bits per heavy atom. The molecule has 1 aliphatic heterocycles. The van der Waals surface area contributed by atoms with Crippen molar-refractivity contribution in [2.75, 3.05) is 13.1 Å². The molecule has 2 rings (SSSR count). The van der Waals surface area contributed by atoms with Gasteiger partial charge in [0.15, 0.2) is 0 Å². The van der Waals surface area contributed by atoms with Crippen molar-refractivity contribution in [3.63, 3.8) is 0 Å². The van der Waals surface area contributed by atoms with E-state index in [9.17, 15) is 9.59 Å². The van der Waals surface area contributed by atoms with Gasteiger partial charge in [-0.05, 0) is 26.2 Å². The smallest absolute Gasteiger partial charge is 0.225 e. The number of carbonyl (C=O) groups excluding carboxylic acids is 2. The van der Waals surface area contributed by atoms with Crippen LogP contribution in [0.1, 0.15) is 46.0 Å². The number of likely N-dealkylation sites (tertiary alicyclic amines) is 1. The van der Waals surface area contributed by atoms with Gasteiger partial charge in [-0.15, -0.1) is 0 Å². The second-order valence-electron chi connectivity index (χ2n) is 6.26. The molecule has 5 heteroatoms. The Morgan fingerprint density at radius 3 is 2.63 bits per heavy atom. The molecule has 1 heterocycles. The van der Waals surface area contributed by atoms with Crippen molar-refractivity contribution in [3.8, 4) is 0 Å². The first kappa shape index (κ1) is 14.3. The second kappa shape index (κ2) is 5.49. The molecule has 19 heavy (non-hydrogen) atoms. The van der Waals surface area contributed by atoms with Gasteiger partial charge in [-0.3, -0.25) is 9.59 Å². The van der Waals surface area contributed by atoms with Crippen LogP contribution >= 0.6 is 0 Å². The van der Waals surface area contributed by atoms with Crippen LogP contribution in [-0.4, -0.2) is 41.4 Å². The van der Waals surface area contributed by atoms with Crippen LogP contribution in [0, 0.1) is 5.92 Å². The molecule has 0 spiro atoms. The zero-order chi connectivity index (χ0) is 14.0. The Bertz CT molecular complexity index is 368. The number of nitrogens with two attached hydrogens (primary N) is 1. The van der Waals surface area contributed by atoms with Crippen LogP contribution in [0.2, 0.25) is 0 Å². The Morgan fingerprint density at radius 1 is 1.32 bits per heavy atom. The highest BCUT2D eigenvalue weighted by Crippen LogP contribution is 2.31. The molecule has 0 aromatic rings. The minimum absolute atomic E-state index is 0.0695. The van der Waals surface area contributed by atoms with E-state index in [1.54, 1.807) is 11.8 Å². The summed E-state index contributed by atoms with van der Waals surface area (Å²) in [5.74, 6) is 0.0609. The minimum Gasteiger partial charge on any atom is -0.351 e. The maximum absolute atomic E-state index is 12.4. The minimum atomic E-state index is -0.388. The first-order valence-electron chi connectivity index (χ1n) is 7.25. The molecule has 0 aromatic heterocycles. The number of hydrogen-bond donors (Lipinski definition) is 2. The molecule has 3 atom stereocenters. The predicted molar refractivity (Wildman–Crippen MR) is 73.4 cm³/mol. The zero-order valence-corrected chi connectivity index (χ0v) is 11.9. The van der Waals surface area contributed by atoms with Crippen molar-refractivity contribution in [2.45, 2.75) is 57.5 Å². The van der Waals surface area contributed by atoms with Crippen molar-refractivity contribution < 1.29 is 9.59 Å². The van der Waals surface area contributed by atoms with Crippen molar-refractivity contribution in [3.05, 3.63) is 0 Å². The van der Waals surface area contributed by atoms with Gasteiger partial charge in [0.05, 0.1) is 5.92 Å². The van der Waals surface area contributed by atoms with Gasteiger partial charge in [-0.25, -0.2) is 0 Å². The van der Waals surface area contributed by atoms with Gasteiger partial charge in [0.25, 0.3) is 0 Å². The molecule has 2 aliphatic rings. The number of amides is 2. The Kier molecular flexibility index (Phi) is 4.13. The summed E-state index contributed by atoms with van der Waals surface area (Å²) < 4.78 is 0. The molecular weight excluding hydrogens is 242 g/mol. The zero-order valence-electron chi connectivity index (χ0n) is 11.9. The van der Waals surface area contributed by atoms with Gasteiger partial charge in [-0.2, -0.15) is 0 Å². The van der Waals surface area contributed by atoms with Crippen LogP contribution in [0.3, 0.4) is 0 Å². The van der Waals surface area contributed by atoms with Crippen LogP contribution in [0.25, 0.3) is 0 Å². The fourth-order valence-electron chi connectivity index (χ4n) is 3.25. The molecule has 108 valence electrons. The molecule has 1 saturated heterocycles. The van der Waals surface area contributed by atoms with E-state index in [4.69, 9.17) is 5.73 Å². The van der Waals surface area contributed by atoms with Crippen LogP contribution in [0.4, 0.5) is 0 Å². The van der Waals surface area contributed by atoms with E-state index in [-0.39, 0.29) is 29.3 Å². The number of rotatable bonds is 2. The first-order chi connectivity index (χ1) is 8.90. The molecule has 3 N–H and O–H groups in total. The molecule has 0 aromatic carbocycles. The Labute approximate surface area is 114 Å². The molecule has 0 radical (unpaired) electrons. The molecular formula is C14H25N3O2. The molecule has 0 bridgehead atoms. The van der Waals surface area contributed by atoms with E-state index in [1.807, 2.05) is 6.92 Å². The highest BCUT2D eigenvalue weighted by atomic mass is 16.2. The summed E-state index contributed by atoms with van der Waals surface area (Å²) in [6.45, 7) is 4.93. The van der Waals surface area contributed by atoms with E-state index >= 15 is 0 Å². The fourth-order valence-corrected chi connectivity index (χ4v) is 3.25. The summed E-state index contributed by atoms with van der Waals surface area (Å²) in [6.07, 6.45) is 4.82. The van der Waals surface area contributed by atoms with E-state index in [2.05, 4.69) is 5.32 Å². The summed E-state index contributed by atoms with van der Waals surface area (Å²) in [6, 6.07) is 0.0918. The maximum Gasteiger partial charge on any atom is 0.225 e. The number of nitrogens with zero attached hydrogens (tertiary/aromatic N) is 1. The van der Waals surface area contributed by atoms with Gasteiger partial charge in [0.2, 0.25) is 11.8 Å². The lowest BCUT2D eigenvalue weighted by Crippen LogP contribution is -2.54. The SMILES string of the molecule is CC(=O)N1CCC(NC(=O)C2CCCCC2(C)N)C1. The lowest BCUT2D eigenvalue weighted by molar-refractivity contribution is -0.130. The van der Waals surface area contributed by atoms with E-state index in [1.165, 1.54) is 0 Å². The average Bonchev–Trinajstić information content (AvgIpc) is 2.76. The van der Waals surface area contributed by atoms with Gasteiger partial charge in [-0.1, -0.05) is 12.8 Å². The molecule has 1 aliphatic carbocycles. The van der Waals surface area contributed by atoms with Gasteiger partial charge in [0, 0.05) is 31.6 Å². The van der Waals surface area contributed by atoms with Crippen LogP contribution < -0.4 is 11.1 Å². The molecule has 5 nitrogen and oxygen atoms in total. The maximum atomic E-state index is 12.4. The highest BCUT2D eigenvalue weighted by molar-refractivity contribution is 5.81. The van der Waals surface area contributed by atoms with Crippen LogP contribution in [0.15, 0.2) is 0 Å². The van der Waals surface area contributed by atoms with Crippen molar-refractivity contribution in [1.82, 2.24) is 10.2 Å². The molecule has 2 amide bonds. The van der Waals surface area contributed by atoms with E-state index in [0.717, 1.165) is 38.6 Å². The van der Waals surface area contributed by atoms with Crippen molar-refractivity contribution in [2.24, 2.45) is 11.7 Å². The van der Waals surface area contributed by atoms with Crippen LogP contribution in [0.5, 0.6) is 0 Å². The standard InChI is InChI=1S/C14H25N3O2/c1-10(18)17-8-6-11(9-17)16-13(19)12-5-3-4-7-14(12,2)15/h11-12H,3-9,15H2,1-2H3,(H,16,19). The normalized spacial score (nSPS) is 35.2. The molecule has 3 unspecified atom stereocenters. The summed E-state index contributed by atoms with van der Waals surface area (Å²) in [4.78, 5) is 25.4. The average molecular weight is 267 g/mol. The predicted octanol–water partition coefficient (Wildman–Crippen LogP) is 0.631. The Hall–Kier alpha value is -1.10. The van der Waals surface area contributed by atoms with E-state index < -0.39 is 0 Å². The number of carbonyl (C=O) groups is 2. The van der Waals surface area contributed by atoms with Crippen LogP contribution in [-0.2, 0) is 9.59 Å². The van der Waals surface area contributed by atoms with Gasteiger partial charge < -0.3 is 16.0 Å². The number of hydrogen-bond acceptors (Lipinski definition) is 3. The quantitative estimate of drug-likeness (QED) is 0.770. The summed E-state index contributed by atoms with van der Waals surface area (Å²) in [5, 5.41) is 3.08. The topological polar surface area (TPSA) is 75.4 Å². The van der Waals surface area contributed by atoms with Gasteiger partial charge >= 0.3 is 0 Å². The highest BCUT2D eigenvalue weighted by Gasteiger charge is 2.39.